The van der Waals surface area contributed by atoms with Crippen molar-refractivity contribution in [3.63, 3.8) is 0 Å². The minimum absolute atomic E-state index is 0.00960. The minimum Gasteiger partial charge on any atom is -0.481 e. The number of hydrogen-bond donors (Lipinski definition) is 1. The average Bonchev–Trinajstić information content (AvgIpc) is 2.98. The van der Waals surface area contributed by atoms with Crippen LogP contribution in [-0.2, 0) is 20.4 Å². The summed E-state index contributed by atoms with van der Waals surface area (Å²) >= 11 is 0. The zero-order valence-corrected chi connectivity index (χ0v) is 11.3. The van der Waals surface area contributed by atoms with Crippen LogP contribution in [0.5, 0.6) is 0 Å². The van der Waals surface area contributed by atoms with Gasteiger partial charge in [0, 0.05) is 35.4 Å². The zero-order chi connectivity index (χ0) is 13.6. The number of carboxylic acids is 1. The van der Waals surface area contributed by atoms with Crippen LogP contribution in [0.4, 0.5) is 0 Å². The summed E-state index contributed by atoms with van der Waals surface area (Å²) in [7, 11) is -0.822. The second-order valence-corrected chi connectivity index (χ2v) is 7.21. The van der Waals surface area contributed by atoms with Gasteiger partial charge in [-0.25, -0.2) is 0 Å². The standard InChI is InChI=1S/C13H17NO4S/c15-12(14-3-5-19(18)6-4-14)10-8-1-2-9(7-8)11(10)13(16)17/h1-2,8-11H,3-7H2,(H,16,17). The summed E-state index contributed by atoms with van der Waals surface area (Å²) in [5, 5.41) is 9.34. The molecule has 2 bridgehead atoms. The lowest BCUT2D eigenvalue weighted by Crippen LogP contribution is -2.48. The van der Waals surface area contributed by atoms with E-state index in [-0.39, 0.29) is 17.7 Å². The topological polar surface area (TPSA) is 74.7 Å². The molecule has 1 saturated heterocycles. The van der Waals surface area contributed by atoms with Crippen LogP contribution in [-0.4, -0.2) is 50.7 Å². The number of aliphatic carboxylic acids is 1. The van der Waals surface area contributed by atoms with E-state index in [4.69, 9.17) is 0 Å². The first-order valence-electron chi connectivity index (χ1n) is 6.63. The van der Waals surface area contributed by atoms with Crippen molar-refractivity contribution in [2.45, 2.75) is 6.42 Å². The highest BCUT2D eigenvalue weighted by Gasteiger charge is 2.52. The molecule has 2 fully saturated rings. The highest BCUT2D eigenvalue weighted by Crippen LogP contribution is 2.48. The largest absolute Gasteiger partial charge is 0.481 e. The monoisotopic (exact) mass is 283 g/mol. The van der Waals surface area contributed by atoms with Crippen molar-refractivity contribution < 1.29 is 18.9 Å². The lowest BCUT2D eigenvalue weighted by molar-refractivity contribution is -0.150. The molecule has 1 heterocycles. The van der Waals surface area contributed by atoms with E-state index in [2.05, 4.69) is 0 Å². The van der Waals surface area contributed by atoms with Crippen LogP contribution in [0.3, 0.4) is 0 Å². The van der Waals surface area contributed by atoms with E-state index in [1.165, 1.54) is 0 Å². The zero-order valence-electron chi connectivity index (χ0n) is 10.5. The van der Waals surface area contributed by atoms with Crippen LogP contribution in [0.15, 0.2) is 12.2 Å². The minimum atomic E-state index is -0.865. The molecule has 0 aromatic carbocycles. The lowest BCUT2D eigenvalue weighted by atomic mass is 9.82. The number of carbonyl (C=O) groups excluding carboxylic acids is 1. The van der Waals surface area contributed by atoms with Crippen molar-refractivity contribution in [2.24, 2.45) is 23.7 Å². The summed E-state index contributed by atoms with van der Waals surface area (Å²) in [6.07, 6.45) is 4.72. The van der Waals surface area contributed by atoms with Gasteiger partial charge in [0.15, 0.2) is 0 Å². The highest BCUT2D eigenvalue weighted by molar-refractivity contribution is 7.85. The Balaban J connectivity index is 1.77. The maximum atomic E-state index is 12.5. The Kier molecular flexibility index (Phi) is 3.20. The van der Waals surface area contributed by atoms with Crippen molar-refractivity contribution in [2.75, 3.05) is 24.6 Å². The molecule has 1 saturated carbocycles. The SMILES string of the molecule is O=C(O)C1C2C=CC(C2)C1C(=O)N1CCS(=O)CC1. The Morgan fingerprint density at radius 3 is 2.26 bits per heavy atom. The van der Waals surface area contributed by atoms with Gasteiger partial charge in [0.2, 0.25) is 5.91 Å². The molecule has 0 radical (unpaired) electrons. The second-order valence-electron chi connectivity index (χ2n) is 5.51. The molecule has 4 unspecified atom stereocenters. The van der Waals surface area contributed by atoms with Crippen LogP contribution >= 0.6 is 0 Å². The molecule has 3 rings (SSSR count). The molecule has 1 N–H and O–H groups in total. The molecular weight excluding hydrogens is 266 g/mol. The molecule has 4 atom stereocenters. The number of fused-ring (bicyclic) bond motifs is 2. The van der Waals surface area contributed by atoms with E-state index in [1.807, 2.05) is 12.2 Å². The lowest BCUT2D eigenvalue weighted by Gasteiger charge is -2.32. The van der Waals surface area contributed by atoms with Gasteiger partial charge in [0.05, 0.1) is 11.8 Å². The van der Waals surface area contributed by atoms with Gasteiger partial charge in [0.1, 0.15) is 0 Å². The quantitative estimate of drug-likeness (QED) is 0.729. The fraction of sp³-hybridized carbons (Fsp3) is 0.692. The van der Waals surface area contributed by atoms with Crippen molar-refractivity contribution >= 4 is 22.7 Å². The maximum Gasteiger partial charge on any atom is 0.307 e. The summed E-state index contributed by atoms with van der Waals surface area (Å²) in [6.45, 7) is 0.991. The van der Waals surface area contributed by atoms with Crippen molar-refractivity contribution in [3.8, 4) is 0 Å². The molecule has 0 aromatic rings. The van der Waals surface area contributed by atoms with E-state index in [0.29, 0.717) is 24.6 Å². The first-order valence-corrected chi connectivity index (χ1v) is 8.11. The van der Waals surface area contributed by atoms with Crippen LogP contribution in [0, 0.1) is 23.7 Å². The Morgan fingerprint density at radius 2 is 1.68 bits per heavy atom. The number of hydrogen-bond acceptors (Lipinski definition) is 3. The fourth-order valence-corrected chi connectivity index (χ4v) is 4.62. The molecule has 0 aromatic heterocycles. The van der Waals surface area contributed by atoms with Gasteiger partial charge in [-0.15, -0.1) is 0 Å². The van der Waals surface area contributed by atoms with Crippen LogP contribution in [0.1, 0.15) is 6.42 Å². The third kappa shape index (κ3) is 2.12. The third-order valence-corrected chi connectivity index (χ3v) is 5.79. The summed E-state index contributed by atoms with van der Waals surface area (Å²) < 4.78 is 11.3. The first kappa shape index (κ1) is 12.8. The van der Waals surface area contributed by atoms with Crippen molar-refractivity contribution in [1.29, 1.82) is 0 Å². The summed E-state index contributed by atoms with van der Waals surface area (Å²) in [4.78, 5) is 25.6. The maximum absolute atomic E-state index is 12.5. The van der Waals surface area contributed by atoms with Gasteiger partial charge in [-0.3, -0.25) is 13.8 Å². The number of carbonyl (C=O) groups is 2. The van der Waals surface area contributed by atoms with Crippen molar-refractivity contribution in [1.82, 2.24) is 4.90 Å². The Labute approximate surface area is 114 Å². The molecule has 6 heteroatoms. The number of nitrogens with zero attached hydrogens (tertiary/aromatic N) is 1. The van der Waals surface area contributed by atoms with Crippen molar-refractivity contribution in [3.05, 3.63) is 12.2 Å². The smallest absolute Gasteiger partial charge is 0.307 e. The molecule has 5 nitrogen and oxygen atoms in total. The van der Waals surface area contributed by atoms with Crippen LogP contribution in [0.2, 0.25) is 0 Å². The number of carboxylic acid groups (broad SMARTS) is 1. The summed E-state index contributed by atoms with van der Waals surface area (Å²) in [5.41, 5.74) is 0. The molecule has 0 spiro atoms. The molecular formula is C13H17NO4S. The van der Waals surface area contributed by atoms with Gasteiger partial charge >= 0.3 is 5.97 Å². The molecule has 1 amide bonds. The second kappa shape index (κ2) is 4.74. The number of amides is 1. The Hall–Kier alpha value is -1.17. The van der Waals surface area contributed by atoms with E-state index in [1.54, 1.807) is 4.90 Å². The van der Waals surface area contributed by atoms with Gasteiger partial charge in [-0.1, -0.05) is 12.2 Å². The van der Waals surface area contributed by atoms with Crippen LogP contribution < -0.4 is 0 Å². The molecule has 104 valence electrons. The molecule has 1 aliphatic heterocycles. The normalized spacial score (nSPS) is 37.8. The Bertz CT molecular complexity index is 465. The van der Waals surface area contributed by atoms with Gasteiger partial charge in [-0.2, -0.15) is 0 Å². The van der Waals surface area contributed by atoms with E-state index < -0.39 is 28.6 Å². The van der Waals surface area contributed by atoms with E-state index >= 15 is 0 Å². The van der Waals surface area contributed by atoms with Gasteiger partial charge in [0.25, 0.3) is 0 Å². The summed E-state index contributed by atoms with van der Waals surface area (Å²) in [5.74, 6) is -0.799. The predicted molar refractivity (Wildman–Crippen MR) is 69.8 cm³/mol. The summed E-state index contributed by atoms with van der Waals surface area (Å²) in [6, 6.07) is 0. The van der Waals surface area contributed by atoms with E-state index in [9.17, 15) is 18.9 Å². The number of allylic oxidation sites excluding steroid dienone is 2. The van der Waals surface area contributed by atoms with Crippen LogP contribution in [0.25, 0.3) is 0 Å². The van der Waals surface area contributed by atoms with Gasteiger partial charge < -0.3 is 10.0 Å². The molecule has 2 aliphatic carbocycles. The van der Waals surface area contributed by atoms with E-state index in [0.717, 1.165) is 6.42 Å². The van der Waals surface area contributed by atoms with Gasteiger partial charge in [-0.05, 0) is 18.3 Å². The number of rotatable bonds is 2. The molecule has 19 heavy (non-hydrogen) atoms. The predicted octanol–water partition coefficient (Wildman–Crippen LogP) is 0.100. The Morgan fingerprint density at radius 1 is 1.11 bits per heavy atom. The highest BCUT2D eigenvalue weighted by atomic mass is 32.2. The first-order chi connectivity index (χ1) is 9.08. The molecule has 3 aliphatic rings. The fourth-order valence-electron chi connectivity index (χ4n) is 3.56. The third-order valence-electron chi connectivity index (χ3n) is 4.52. The average molecular weight is 283 g/mol.